The molecule has 144 valence electrons. The minimum Gasteiger partial charge on any atom is -0.456 e. The summed E-state index contributed by atoms with van der Waals surface area (Å²) in [6.45, 7) is 2.34. The van der Waals surface area contributed by atoms with E-state index in [1.54, 1.807) is 0 Å². The summed E-state index contributed by atoms with van der Waals surface area (Å²) in [6, 6.07) is 14.3. The Morgan fingerprint density at radius 1 is 0.793 bits per heavy atom. The molecule has 0 N–H and O–H groups in total. The molecule has 5 heterocycles. The smallest absolute Gasteiger partial charge is 0.137 e. The van der Waals surface area contributed by atoms with Crippen molar-refractivity contribution in [3.8, 4) is 11.5 Å². The second kappa shape index (κ2) is 4.91. The van der Waals surface area contributed by atoms with Crippen molar-refractivity contribution in [2.24, 2.45) is 0 Å². The standard InChI is InChI=1S/C23H21N4OP/c1-14-24-10-11-25(14)17-4-2-6-19-21(17)29-22-18(5-3-7-20(22)28-19)27-13-12-26(23(27)29)16-9-8-15(16)24/h2-7,10-16,23H,8-9H2,1H3/t14-,15?,16?,23?,29?/m1/s1. The maximum absolute atomic E-state index is 6.49. The lowest BCUT2D eigenvalue weighted by Crippen LogP contribution is -2.61. The van der Waals surface area contributed by atoms with Crippen molar-refractivity contribution in [1.82, 2.24) is 9.80 Å². The van der Waals surface area contributed by atoms with Crippen LogP contribution in [-0.4, -0.2) is 34.0 Å². The zero-order valence-electron chi connectivity index (χ0n) is 16.1. The van der Waals surface area contributed by atoms with Gasteiger partial charge in [-0.05, 0) is 44.0 Å². The fourth-order valence-corrected chi connectivity index (χ4v) is 9.35. The van der Waals surface area contributed by atoms with Gasteiger partial charge in [-0.25, -0.2) is 0 Å². The van der Waals surface area contributed by atoms with Gasteiger partial charge in [0.25, 0.3) is 0 Å². The number of hydrogen-bond donors (Lipinski definition) is 0. The van der Waals surface area contributed by atoms with Gasteiger partial charge in [-0.3, -0.25) is 0 Å². The Kier molecular flexibility index (Phi) is 2.58. The van der Waals surface area contributed by atoms with Crippen LogP contribution in [0.5, 0.6) is 11.5 Å². The summed E-state index contributed by atoms with van der Waals surface area (Å²) in [7, 11) is -0.567. The Morgan fingerprint density at radius 2 is 1.41 bits per heavy atom. The lowest BCUT2D eigenvalue weighted by Gasteiger charge is -2.52. The first kappa shape index (κ1) is 15.2. The zero-order valence-corrected chi connectivity index (χ0v) is 17.0. The summed E-state index contributed by atoms with van der Waals surface area (Å²) in [5.74, 6) is 2.46. The van der Waals surface area contributed by atoms with E-state index in [2.05, 4.69) is 87.7 Å². The van der Waals surface area contributed by atoms with Gasteiger partial charge < -0.3 is 24.3 Å². The topological polar surface area (TPSA) is 22.2 Å². The third-order valence-electron chi connectivity index (χ3n) is 7.56. The van der Waals surface area contributed by atoms with Crippen LogP contribution in [0.25, 0.3) is 0 Å². The van der Waals surface area contributed by atoms with Crippen LogP contribution in [0.4, 0.5) is 11.4 Å². The van der Waals surface area contributed by atoms with Crippen molar-refractivity contribution in [2.75, 3.05) is 9.80 Å². The number of rotatable bonds is 0. The number of benzene rings is 2. The fourth-order valence-electron chi connectivity index (χ4n) is 6.11. The highest BCUT2D eigenvalue weighted by atomic mass is 31.1. The van der Waals surface area contributed by atoms with Crippen molar-refractivity contribution in [3.05, 3.63) is 61.2 Å². The molecule has 0 radical (unpaired) electrons. The van der Waals surface area contributed by atoms with Gasteiger partial charge in [0.2, 0.25) is 0 Å². The van der Waals surface area contributed by atoms with E-state index in [0.29, 0.717) is 24.2 Å². The van der Waals surface area contributed by atoms with Crippen molar-refractivity contribution < 1.29 is 4.74 Å². The van der Waals surface area contributed by atoms with E-state index in [1.807, 2.05) is 0 Å². The molecule has 5 aliphatic heterocycles. The number of hydrogen-bond acceptors (Lipinski definition) is 5. The molecule has 8 rings (SSSR count). The Bertz CT molecular complexity index is 1150. The Morgan fingerprint density at radius 3 is 2.14 bits per heavy atom. The van der Waals surface area contributed by atoms with Crippen LogP contribution in [-0.2, 0) is 0 Å². The van der Waals surface area contributed by atoms with Crippen LogP contribution >= 0.6 is 7.92 Å². The molecule has 6 aliphatic rings. The van der Waals surface area contributed by atoms with Gasteiger partial charge in [-0.2, -0.15) is 0 Å². The molecule has 5 atom stereocenters. The Labute approximate surface area is 171 Å². The molecule has 29 heavy (non-hydrogen) atoms. The van der Waals surface area contributed by atoms with E-state index in [9.17, 15) is 0 Å². The summed E-state index contributed by atoms with van der Waals surface area (Å²) in [6.07, 6.45) is 12.2. The van der Waals surface area contributed by atoms with Gasteiger partial charge in [0.1, 0.15) is 23.6 Å². The summed E-state index contributed by atoms with van der Waals surface area (Å²) < 4.78 is 6.49. The summed E-state index contributed by atoms with van der Waals surface area (Å²) in [5, 5.41) is 2.82. The van der Waals surface area contributed by atoms with Gasteiger partial charge in [0.05, 0.1) is 34.1 Å². The number of anilines is 2. The van der Waals surface area contributed by atoms with Crippen LogP contribution in [0.2, 0.25) is 0 Å². The average Bonchev–Trinajstić information content (AvgIpc) is 3.37. The SMILES string of the molecule is C[C@H]1N2C=CN1C1CCC1N1C=CN3c4cccc5c4P(c4c(cccc42)O5)C31. The van der Waals surface area contributed by atoms with E-state index in [-0.39, 0.29) is 0 Å². The van der Waals surface area contributed by atoms with Crippen molar-refractivity contribution in [1.29, 1.82) is 0 Å². The van der Waals surface area contributed by atoms with Crippen LogP contribution in [0, 0.1) is 0 Å². The molecule has 5 nitrogen and oxygen atoms in total. The van der Waals surface area contributed by atoms with Crippen LogP contribution < -0.4 is 25.1 Å². The van der Waals surface area contributed by atoms with Gasteiger partial charge in [-0.1, -0.05) is 12.1 Å². The van der Waals surface area contributed by atoms with E-state index in [1.165, 1.54) is 34.8 Å². The predicted octanol–water partition coefficient (Wildman–Crippen LogP) is 3.60. The van der Waals surface area contributed by atoms with Crippen molar-refractivity contribution in [2.45, 2.75) is 43.9 Å². The molecule has 4 unspecified atom stereocenters. The molecular formula is C23H21N4OP. The highest BCUT2D eigenvalue weighted by Crippen LogP contribution is 2.62. The molecule has 2 aromatic rings. The molecule has 1 fully saturated rings. The summed E-state index contributed by atoms with van der Waals surface area (Å²) >= 11 is 0. The maximum atomic E-state index is 6.49. The molecular weight excluding hydrogens is 379 g/mol. The molecule has 0 aromatic heterocycles. The highest BCUT2D eigenvalue weighted by Gasteiger charge is 2.55. The average molecular weight is 400 g/mol. The van der Waals surface area contributed by atoms with Gasteiger partial charge >= 0.3 is 0 Å². The minimum absolute atomic E-state index is 0.336. The molecule has 0 saturated heterocycles. The van der Waals surface area contributed by atoms with Crippen molar-refractivity contribution >= 4 is 29.9 Å². The summed E-state index contributed by atoms with van der Waals surface area (Å²) in [4.78, 5) is 10.2. The van der Waals surface area contributed by atoms with E-state index < -0.39 is 7.92 Å². The zero-order chi connectivity index (χ0) is 18.9. The largest absolute Gasteiger partial charge is 0.456 e. The summed E-state index contributed by atoms with van der Waals surface area (Å²) in [5.41, 5.74) is 2.64. The predicted molar refractivity (Wildman–Crippen MR) is 116 cm³/mol. The maximum Gasteiger partial charge on any atom is 0.137 e. The van der Waals surface area contributed by atoms with Crippen molar-refractivity contribution in [3.63, 3.8) is 0 Å². The lowest BCUT2D eigenvalue weighted by molar-refractivity contribution is 0.0474. The Hall–Kier alpha value is -2.65. The minimum atomic E-state index is -0.567. The molecule has 1 saturated carbocycles. The highest BCUT2D eigenvalue weighted by molar-refractivity contribution is 7.75. The lowest BCUT2D eigenvalue weighted by atomic mass is 9.84. The van der Waals surface area contributed by atoms with E-state index >= 15 is 0 Å². The quantitative estimate of drug-likeness (QED) is 0.629. The first-order chi connectivity index (χ1) is 14.3. The second-order valence-electron chi connectivity index (χ2n) is 8.72. The third kappa shape index (κ3) is 1.62. The fraction of sp³-hybridized carbons (Fsp3) is 0.304. The second-order valence-corrected chi connectivity index (χ2v) is 10.8. The molecule has 0 amide bonds. The third-order valence-corrected chi connectivity index (χ3v) is 10.4. The number of nitrogens with zero attached hydrogens (tertiary/aromatic N) is 4. The molecule has 6 heteroatoms. The van der Waals surface area contributed by atoms with E-state index in [4.69, 9.17) is 4.74 Å². The van der Waals surface area contributed by atoms with Gasteiger partial charge in [-0.15, -0.1) is 0 Å². The first-order valence-corrected chi connectivity index (χ1v) is 11.9. The van der Waals surface area contributed by atoms with Gasteiger partial charge in [0, 0.05) is 32.7 Å². The molecule has 2 bridgehead atoms. The number of fused-ring (bicyclic) bond motifs is 7. The van der Waals surface area contributed by atoms with Gasteiger partial charge in [0.15, 0.2) is 0 Å². The van der Waals surface area contributed by atoms with E-state index in [0.717, 1.165) is 11.5 Å². The van der Waals surface area contributed by atoms with Crippen LogP contribution in [0.3, 0.4) is 0 Å². The Balaban J connectivity index is 1.45. The normalized spacial score (nSPS) is 33.5. The molecule has 1 aliphatic carbocycles. The molecule has 0 spiro atoms. The van der Waals surface area contributed by atoms with Crippen LogP contribution in [0.1, 0.15) is 19.8 Å². The van der Waals surface area contributed by atoms with Crippen LogP contribution in [0.15, 0.2) is 61.2 Å². The number of ether oxygens (including phenoxy) is 1. The molecule has 2 aromatic carbocycles. The first-order valence-electron chi connectivity index (χ1n) is 10.5. The monoisotopic (exact) mass is 400 g/mol.